The molecule has 0 aliphatic carbocycles. The molecular formula is C7H9BN4. The standard InChI is InChI=1S/C7H9BN4/c1-4-5(2)12-7(8-10-4)9-6(3)11-12/h2H2,1,3H3,(H,9,11). The Balaban J connectivity index is 2.41. The molecule has 2 aliphatic heterocycles. The van der Waals surface area contributed by atoms with Gasteiger partial charge in [-0.05, 0) is 0 Å². The van der Waals surface area contributed by atoms with E-state index in [1.165, 1.54) is 0 Å². The molecule has 12 heavy (non-hydrogen) atoms. The first-order valence-electron chi connectivity index (χ1n) is 3.74. The Morgan fingerprint density at radius 1 is 1.50 bits per heavy atom. The molecule has 4 nitrogen and oxygen atoms in total. The predicted molar refractivity (Wildman–Crippen MR) is 51.1 cm³/mol. The molecule has 2 heterocycles. The van der Waals surface area contributed by atoms with E-state index in [0.29, 0.717) is 0 Å². The van der Waals surface area contributed by atoms with E-state index >= 15 is 0 Å². The van der Waals surface area contributed by atoms with Crippen molar-refractivity contribution in [2.24, 2.45) is 10.0 Å². The molecular weight excluding hydrogens is 151 g/mol. The number of rotatable bonds is 0. The predicted octanol–water partition coefficient (Wildman–Crippen LogP) is -0.0802. The summed E-state index contributed by atoms with van der Waals surface area (Å²) in [4.78, 5) is 4.17. The van der Waals surface area contributed by atoms with Crippen LogP contribution >= 0.6 is 0 Å². The van der Waals surface area contributed by atoms with E-state index in [0.717, 1.165) is 23.0 Å². The quantitative estimate of drug-likeness (QED) is 0.503. The van der Waals surface area contributed by atoms with E-state index in [-0.39, 0.29) is 0 Å². The van der Waals surface area contributed by atoms with Gasteiger partial charge in [0.25, 0.3) is 0 Å². The summed E-state index contributed by atoms with van der Waals surface area (Å²) in [5.41, 5.74) is 2.61. The molecule has 0 fully saturated rings. The third-order valence-corrected chi connectivity index (χ3v) is 1.84. The minimum absolute atomic E-state index is 0.830. The Morgan fingerprint density at radius 3 is 3.00 bits per heavy atom. The van der Waals surface area contributed by atoms with E-state index in [2.05, 4.69) is 21.9 Å². The Bertz CT molecular complexity index is 339. The van der Waals surface area contributed by atoms with Crippen LogP contribution in [-0.4, -0.2) is 29.3 Å². The second-order valence-corrected chi connectivity index (χ2v) is 2.80. The number of fused-ring (bicyclic) bond motifs is 1. The van der Waals surface area contributed by atoms with Crippen LogP contribution in [0, 0.1) is 0 Å². The van der Waals surface area contributed by atoms with Gasteiger partial charge in [-0.1, -0.05) is 0 Å². The van der Waals surface area contributed by atoms with Gasteiger partial charge in [0.15, 0.2) is 0 Å². The number of allylic oxidation sites excluding steroid dienone is 1. The first kappa shape index (κ1) is 7.27. The molecule has 0 unspecified atom stereocenters. The minimum atomic E-state index is 0.830. The number of hydrazone groups is 1. The van der Waals surface area contributed by atoms with Gasteiger partial charge < -0.3 is 0 Å². The van der Waals surface area contributed by atoms with Crippen molar-refractivity contribution in [3.8, 4) is 0 Å². The molecule has 0 saturated heterocycles. The molecule has 1 N–H and O–H groups in total. The Morgan fingerprint density at radius 2 is 2.25 bits per heavy atom. The second kappa shape index (κ2) is 2.30. The van der Waals surface area contributed by atoms with Crippen LogP contribution in [0.3, 0.4) is 0 Å². The van der Waals surface area contributed by atoms with Gasteiger partial charge in [0.05, 0.1) is 0 Å². The zero-order valence-corrected chi connectivity index (χ0v) is 7.13. The van der Waals surface area contributed by atoms with Crippen molar-refractivity contribution in [1.29, 1.82) is 0 Å². The first-order valence-corrected chi connectivity index (χ1v) is 3.74. The van der Waals surface area contributed by atoms with Gasteiger partial charge in [-0.2, -0.15) is 0 Å². The Kier molecular flexibility index (Phi) is 1.39. The summed E-state index contributed by atoms with van der Waals surface area (Å²) >= 11 is 0. The number of nitrogens with one attached hydrogen (secondary N) is 1. The Labute approximate surface area is 71.6 Å². The molecule has 60 valence electrons. The summed E-state index contributed by atoms with van der Waals surface area (Å²) in [6.45, 7) is 7.70. The first-order chi connectivity index (χ1) is 5.68. The zero-order chi connectivity index (χ0) is 8.72. The fourth-order valence-electron chi connectivity index (χ4n) is 1.15. The van der Waals surface area contributed by atoms with Crippen LogP contribution in [0.15, 0.2) is 22.3 Å². The van der Waals surface area contributed by atoms with Crippen LogP contribution in [0.1, 0.15) is 13.8 Å². The topological polar surface area (TPSA) is 40.0 Å². The zero-order valence-electron chi connectivity index (χ0n) is 7.13. The van der Waals surface area contributed by atoms with Crippen molar-refractivity contribution < 1.29 is 0 Å². The van der Waals surface area contributed by atoms with Gasteiger partial charge >= 0.3 is 70.8 Å². The van der Waals surface area contributed by atoms with Gasteiger partial charge in [0, 0.05) is 0 Å². The molecule has 0 aromatic rings. The van der Waals surface area contributed by atoms with Crippen molar-refractivity contribution in [3.63, 3.8) is 0 Å². The number of nitrogens with zero attached hydrogens (tertiary/aromatic N) is 3. The van der Waals surface area contributed by atoms with Crippen molar-refractivity contribution in [2.45, 2.75) is 13.8 Å². The van der Waals surface area contributed by atoms with E-state index in [9.17, 15) is 0 Å². The summed E-state index contributed by atoms with van der Waals surface area (Å²) in [5, 5.41) is 9.07. The molecule has 2 rings (SSSR count). The van der Waals surface area contributed by atoms with Crippen LogP contribution in [0.25, 0.3) is 0 Å². The van der Waals surface area contributed by atoms with Crippen LogP contribution in [0.5, 0.6) is 0 Å². The maximum absolute atomic E-state index is 4.23. The second-order valence-electron chi connectivity index (χ2n) is 2.80. The molecule has 0 spiro atoms. The number of amidine groups is 1. The van der Waals surface area contributed by atoms with Crippen LogP contribution in [0.2, 0.25) is 0 Å². The fraction of sp³-hybridized carbons (Fsp3) is 0.286. The van der Waals surface area contributed by atoms with Crippen LogP contribution in [-0.2, 0) is 0 Å². The van der Waals surface area contributed by atoms with Crippen molar-refractivity contribution in [2.75, 3.05) is 0 Å². The molecule has 2 aliphatic rings. The van der Waals surface area contributed by atoms with Gasteiger partial charge in [-0.25, -0.2) is 0 Å². The van der Waals surface area contributed by atoms with Crippen molar-refractivity contribution in [3.05, 3.63) is 12.3 Å². The third kappa shape index (κ3) is 0.896. The molecule has 0 aromatic carbocycles. The summed E-state index contributed by atoms with van der Waals surface area (Å²) in [5.74, 6) is 0.868. The van der Waals surface area contributed by atoms with Crippen molar-refractivity contribution in [1.82, 2.24) is 10.3 Å². The number of hydrogen-bond acceptors (Lipinski definition) is 4. The van der Waals surface area contributed by atoms with Crippen molar-refractivity contribution >= 4 is 24.3 Å². The molecule has 0 saturated carbocycles. The van der Waals surface area contributed by atoms with Crippen LogP contribution in [0.4, 0.5) is 0 Å². The average molecular weight is 160 g/mol. The average Bonchev–Trinajstić information content (AvgIpc) is 2.39. The van der Waals surface area contributed by atoms with E-state index in [1.807, 2.05) is 13.8 Å². The maximum atomic E-state index is 4.23. The molecule has 0 bridgehead atoms. The van der Waals surface area contributed by atoms with Gasteiger partial charge in [0.2, 0.25) is 0 Å². The SMILES string of the molecule is C=C1C(C)=NB=C2NC(C)=NN12. The fourth-order valence-corrected chi connectivity index (χ4v) is 1.15. The van der Waals surface area contributed by atoms with E-state index < -0.39 is 0 Å². The number of hydrogen-bond donors (Lipinski definition) is 1. The summed E-state index contributed by atoms with van der Waals surface area (Å²) in [6, 6.07) is 0. The summed E-state index contributed by atoms with van der Waals surface area (Å²) < 4.78 is 0. The van der Waals surface area contributed by atoms with Gasteiger partial charge in [0.1, 0.15) is 0 Å². The molecule has 0 atom stereocenters. The van der Waals surface area contributed by atoms with Crippen LogP contribution < -0.4 is 5.32 Å². The van der Waals surface area contributed by atoms with Gasteiger partial charge in [-0.15, -0.1) is 0 Å². The third-order valence-electron chi connectivity index (χ3n) is 1.84. The molecule has 0 amide bonds. The monoisotopic (exact) mass is 160 g/mol. The van der Waals surface area contributed by atoms with E-state index in [4.69, 9.17) is 0 Å². The summed E-state index contributed by atoms with van der Waals surface area (Å²) in [7, 11) is 1.75. The summed E-state index contributed by atoms with van der Waals surface area (Å²) in [6.07, 6.45) is 0. The molecule has 0 aromatic heterocycles. The van der Waals surface area contributed by atoms with Gasteiger partial charge in [-0.3, -0.25) is 0 Å². The van der Waals surface area contributed by atoms with E-state index in [1.54, 1.807) is 12.1 Å². The normalized spacial score (nSPS) is 20.3. The molecule has 5 heteroatoms. The Hall–Kier alpha value is -1.39. The molecule has 0 radical (unpaired) electrons.